The number of nitrogens with zero attached hydrogens (tertiary/aromatic N) is 2. The van der Waals surface area contributed by atoms with E-state index in [1.54, 1.807) is 7.11 Å². The summed E-state index contributed by atoms with van der Waals surface area (Å²) in [6, 6.07) is 3.52. The summed E-state index contributed by atoms with van der Waals surface area (Å²) < 4.78 is 5.08. The summed E-state index contributed by atoms with van der Waals surface area (Å²) in [4.78, 5) is 2.46. The van der Waals surface area contributed by atoms with Gasteiger partial charge in [-0.15, -0.1) is 0 Å². The molecule has 1 saturated carbocycles. The third-order valence-corrected chi connectivity index (χ3v) is 2.80. The van der Waals surface area contributed by atoms with Crippen molar-refractivity contribution in [1.82, 2.24) is 4.90 Å². The van der Waals surface area contributed by atoms with Crippen LogP contribution < -0.4 is 0 Å². The van der Waals surface area contributed by atoms with Gasteiger partial charge in [-0.25, -0.2) is 0 Å². The minimum Gasteiger partial charge on any atom is -0.385 e. The van der Waals surface area contributed by atoms with Crippen LogP contribution in [0.3, 0.4) is 0 Å². The highest BCUT2D eigenvalue weighted by Crippen LogP contribution is 2.29. The van der Waals surface area contributed by atoms with E-state index in [1.165, 1.54) is 12.8 Å². The predicted octanol–water partition coefficient (Wildman–Crippen LogP) is 1.79. The lowest BCUT2D eigenvalue weighted by molar-refractivity contribution is 0.134. The van der Waals surface area contributed by atoms with Crippen molar-refractivity contribution in [3.63, 3.8) is 0 Å². The second kappa shape index (κ2) is 6.00. The van der Waals surface area contributed by atoms with Gasteiger partial charge in [-0.05, 0) is 26.2 Å². The third-order valence-electron chi connectivity index (χ3n) is 2.80. The molecule has 0 radical (unpaired) electrons. The molecule has 1 unspecified atom stereocenters. The summed E-state index contributed by atoms with van der Waals surface area (Å²) in [5.41, 5.74) is 0. The Hall–Kier alpha value is -0.590. The van der Waals surface area contributed by atoms with E-state index in [4.69, 9.17) is 10.00 Å². The van der Waals surface area contributed by atoms with Gasteiger partial charge in [0.1, 0.15) is 0 Å². The SMILES string of the molecule is COCCC(C)N(CCC#N)C1CC1. The van der Waals surface area contributed by atoms with E-state index in [0.29, 0.717) is 12.5 Å². The Kier molecular flexibility index (Phi) is 4.92. The Morgan fingerprint density at radius 1 is 1.57 bits per heavy atom. The van der Waals surface area contributed by atoms with E-state index in [-0.39, 0.29) is 0 Å². The molecule has 0 heterocycles. The normalized spacial score (nSPS) is 18.1. The van der Waals surface area contributed by atoms with Gasteiger partial charge in [-0.1, -0.05) is 0 Å². The van der Waals surface area contributed by atoms with E-state index >= 15 is 0 Å². The van der Waals surface area contributed by atoms with E-state index in [1.807, 2.05) is 0 Å². The Balaban J connectivity index is 2.29. The van der Waals surface area contributed by atoms with Crippen LogP contribution in [0.25, 0.3) is 0 Å². The lowest BCUT2D eigenvalue weighted by atomic mass is 10.2. The number of hydrogen-bond acceptors (Lipinski definition) is 3. The molecule has 80 valence electrons. The second-order valence-corrected chi connectivity index (χ2v) is 4.01. The van der Waals surface area contributed by atoms with E-state index < -0.39 is 0 Å². The highest BCUT2D eigenvalue weighted by Gasteiger charge is 2.31. The monoisotopic (exact) mass is 196 g/mol. The molecule has 0 N–H and O–H groups in total. The largest absolute Gasteiger partial charge is 0.385 e. The summed E-state index contributed by atoms with van der Waals surface area (Å²) in [5, 5.41) is 8.57. The molecule has 0 aromatic heterocycles. The summed E-state index contributed by atoms with van der Waals surface area (Å²) in [7, 11) is 1.74. The van der Waals surface area contributed by atoms with Crippen molar-refractivity contribution in [3.05, 3.63) is 0 Å². The fourth-order valence-electron chi connectivity index (χ4n) is 1.80. The van der Waals surface area contributed by atoms with E-state index in [0.717, 1.165) is 25.6 Å². The minimum atomic E-state index is 0.552. The van der Waals surface area contributed by atoms with Crippen LogP contribution in [-0.2, 0) is 4.74 Å². The average Bonchev–Trinajstić information content (AvgIpc) is 2.99. The van der Waals surface area contributed by atoms with E-state index in [2.05, 4.69) is 17.9 Å². The molecule has 1 rings (SSSR count). The van der Waals surface area contributed by atoms with Crippen LogP contribution in [0, 0.1) is 11.3 Å². The molecule has 3 nitrogen and oxygen atoms in total. The zero-order chi connectivity index (χ0) is 10.4. The number of rotatable bonds is 7. The van der Waals surface area contributed by atoms with Crippen LogP contribution in [0.5, 0.6) is 0 Å². The van der Waals surface area contributed by atoms with Crippen LogP contribution >= 0.6 is 0 Å². The summed E-state index contributed by atoms with van der Waals surface area (Å²) in [6.07, 6.45) is 4.33. The van der Waals surface area contributed by atoms with Gasteiger partial charge in [-0.3, -0.25) is 4.90 Å². The van der Waals surface area contributed by atoms with E-state index in [9.17, 15) is 0 Å². The Bertz CT molecular complexity index is 196. The zero-order valence-electron chi connectivity index (χ0n) is 9.20. The molecular formula is C11H20N2O. The molecule has 1 aliphatic carbocycles. The highest BCUT2D eigenvalue weighted by molar-refractivity contribution is 4.89. The Labute approximate surface area is 86.6 Å². The molecule has 0 aromatic rings. The smallest absolute Gasteiger partial charge is 0.0635 e. The number of hydrogen-bond donors (Lipinski definition) is 0. The highest BCUT2D eigenvalue weighted by atomic mass is 16.5. The van der Waals surface area contributed by atoms with Crippen LogP contribution in [0.4, 0.5) is 0 Å². The van der Waals surface area contributed by atoms with Crippen molar-refractivity contribution in [2.45, 2.75) is 44.7 Å². The molecule has 0 spiro atoms. The molecule has 1 fully saturated rings. The third kappa shape index (κ3) is 3.65. The number of methoxy groups -OCH3 is 1. The Morgan fingerprint density at radius 3 is 2.79 bits per heavy atom. The molecule has 14 heavy (non-hydrogen) atoms. The van der Waals surface area contributed by atoms with Gasteiger partial charge in [0.25, 0.3) is 0 Å². The standard InChI is InChI=1S/C11H20N2O/c1-10(6-9-14-2)13(8-3-7-12)11-4-5-11/h10-11H,3-6,8-9H2,1-2H3. The quantitative estimate of drug-likeness (QED) is 0.623. The second-order valence-electron chi connectivity index (χ2n) is 4.01. The summed E-state index contributed by atoms with van der Waals surface area (Å²) >= 11 is 0. The fourth-order valence-corrected chi connectivity index (χ4v) is 1.80. The lowest BCUT2D eigenvalue weighted by Crippen LogP contribution is -2.36. The molecule has 0 aliphatic heterocycles. The first-order chi connectivity index (χ1) is 6.79. The Morgan fingerprint density at radius 2 is 2.29 bits per heavy atom. The zero-order valence-corrected chi connectivity index (χ0v) is 9.20. The molecule has 1 atom stereocenters. The molecule has 3 heteroatoms. The van der Waals surface area contributed by atoms with Crippen molar-refractivity contribution in [3.8, 4) is 6.07 Å². The van der Waals surface area contributed by atoms with Gasteiger partial charge in [0.05, 0.1) is 6.07 Å². The van der Waals surface area contributed by atoms with Gasteiger partial charge in [0.2, 0.25) is 0 Å². The molecular weight excluding hydrogens is 176 g/mol. The first-order valence-electron chi connectivity index (χ1n) is 5.41. The molecule has 0 aromatic carbocycles. The van der Waals surface area contributed by atoms with Crippen LogP contribution in [0.2, 0.25) is 0 Å². The summed E-state index contributed by atoms with van der Waals surface area (Å²) in [6.45, 7) is 3.97. The van der Waals surface area contributed by atoms with Gasteiger partial charge in [-0.2, -0.15) is 5.26 Å². The molecule has 0 bridgehead atoms. The van der Waals surface area contributed by atoms with Crippen molar-refractivity contribution in [1.29, 1.82) is 5.26 Å². The maximum Gasteiger partial charge on any atom is 0.0635 e. The summed E-state index contributed by atoms with van der Waals surface area (Å²) in [5.74, 6) is 0. The maximum absolute atomic E-state index is 8.57. The van der Waals surface area contributed by atoms with Crippen molar-refractivity contribution < 1.29 is 4.74 Å². The van der Waals surface area contributed by atoms with Gasteiger partial charge in [0, 0.05) is 38.8 Å². The van der Waals surface area contributed by atoms with Crippen molar-refractivity contribution in [2.24, 2.45) is 0 Å². The fraction of sp³-hybridized carbons (Fsp3) is 0.909. The van der Waals surface area contributed by atoms with Crippen LogP contribution in [0.1, 0.15) is 32.6 Å². The first-order valence-corrected chi connectivity index (χ1v) is 5.41. The topological polar surface area (TPSA) is 36.3 Å². The van der Waals surface area contributed by atoms with Gasteiger partial charge < -0.3 is 4.74 Å². The molecule has 1 aliphatic rings. The van der Waals surface area contributed by atoms with Crippen LogP contribution in [-0.4, -0.2) is 37.2 Å². The van der Waals surface area contributed by atoms with Crippen LogP contribution in [0.15, 0.2) is 0 Å². The van der Waals surface area contributed by atoms with Gasteiger partial charge >= 0.3 is 0 Å². The van der Waals surface area contributed by atoms with Gasteiger partial charge in [0.15, 0.2) is 0 Å². The number of nitriles is 1. The number of ether oxygens (including phenoxy) is 1. The minimum absolute atomic E-state index is 0.552. The van der Waals surface area contributed by atoms with Crippen molar-refractivity contribution in [2.75, 3.05) is 20.3 Å². The first kappa shape index (κ1) is 11.5. The lowest BCUT2D eigenvalue weighted by Gasteiger charge is -2.28. The molecule has 0 saturated heterocycles. The molecule has 0 amide bonds. The predicted molar refractivity (Wildman–Crippen MR) is 55.9 cm³/mol. The van der Waals surface area contributed by atoms with Crippen molar-refractivity contribution >= 4 is 0 Å². The average molecular weight is 196 g/mol. The maximum atomic E-state index is 8.57.